The largest absolute Gasteiger partial charge is 0.467 e. The van der Waals surface area contributed by atoms with Gasteiger partial charge in [0.1, 0.15) is 5.82 Å². The van der Waals surface area contributed by atoms with Crippen molar-refractivity contribution >= 4 is 12.0 Å². The summed E-state index contributed by atoms with van der Waals surface area (Å²) in [5.41, 5.74) is 3.92. The molecule has 0 saturated heterocycles. The number of aliphatic hydroxyl groups is 2. The number of ether oxygens (including phenoxy) is 1. The van der Waals surface area contributed by atoms with Crippen LogP contribution in [0.3, 0.4) is 0 Å². The number of hydrogen-bond donors (Lipinski definition) is 2. The molecule has 7 heteroatoms. The van der Waals surface area contributed by atoms with Gasteiger partial charge in [-0.3, -0.25) is 0 Å². The first-order chi connectivity index (χ1) is 16.8. The Morgan fingerprint density at radius 1 is 1.23 bits per heavy atom. The van der Waals surface area contributed by atoms with Crippen molar-refractivity contribution in [2.24, 2.45) is 5.41 Å². The number of benzene rings is 2. The highest BCUT2D eigenvalue weighted by molar-refractivity contribution is 5.76. The van der Waals surface area contributed by atoms with Gasteiger partial charge in [-0.05, 0) is 79.1 Å². The van der Waals surface area contributed by atoms with Crippen molar-refractivity contribution in [2.75, 3.05) is 7.11 Å². The molecule has 2 N–H and O–H groups in total. The van der Waals surface area contributed by atoms with Crippen molar-refractivity contribution in [1.29, 1.82) is 0 Å². The molecule has 1 heterocycles. The third kappa shape index (κ3) is 3.89. The number of aliphatic hydroxyl groups excluding tert-OH is 1. The molecule has 1 fully saturated rings. The molecule has 182 valence electrons. The van der Waals surface area contributed by atoms with E-state index in [4.69, 9.17) is 4.74 Å². The van der Waals surface area contributed by atoms with E-state index in [1.165, 1.54) is 24.8 Å². The van der Waals surface area contributed by atoms with Crippen LogP contribution in [-0.2, 0) is 22.4 Å². The Bertz CT molecular complexity index is 1300. The molecule has 0 spiro atoms. The molecule has 5 rings (SSSR count). The minimum absolute atomic E-state index is 0.290. The molecule has 0 bridgehead atoms. The summed E-state index contributed by atoms with van der Waals surface area (Å²) in [6, 6.07) is 13.5. The van der Waals surface area contributed by atoms with Crippen LogP contribution in [0.2, 0.25) is 0 Å². The van der Waals surface area contributed by atoms with Crippen molar-refractivity contribution in [3.63, 3.8) is 0 Å². The fourth-order valence-electron chi connectivity index (χ4n) is 5.73. The number of carbonyl (C=O) groups is 1. The van der Waals surface area contributed by atoms with Crippen LogP contribution in [0.1, 0.15) is 54.7 Å². The first-order valence-corrected chi connectivity index (χ1v) is 11.9. The highest BCUT2D eigenvalue weighted by atomic mass is 19.1. The van der Waals surface area contributed by atoms with Gasteiger partial charge >= 0.3 is 5.97 Å². The molecule has 0 radical (unpaired) electrons. The smallest absolute Gasteiger partial charge is 0.339 e. The van der Waals surface area contributed by atoms with Gasteiger partial charge in [-0.15, -0.1) is 0 Å². The second kappa shape index (κ2) is 8.73. The number of fused-ring (bicyclic) bond motifs is 2. The lowest BCUT2D eigenvalue weighted by molar-refractivity contribution is -0.150. The summed E-state index contributed by atoms with van der Waals surface area (Å²) >= 11 is 0. The molecule has 0 aliphatic heterocycles. The van der Waals surface area contributed by atoms with Crippen LogP contribution in [0.4, 0.5) is 4.39 Å². The Kier molecular flexibility index (Phi) is 5.85. The summed E-state index contributed by atoms with van der Waals surface area (Å²) in [5, 5.41) is 26.9. The number of nitrogens with zero attached hydrogens (tertiary/aromatic N) is 2. The van der Waals surface area contributed by atoms with E-state index >= 15 is 0 Å². The predicted molar refractivity (Wildman–Crippen MR) is 129 cm³/mol. The lowest BCUT2D eigenvalue weighted by Crippen LogP contribution is -2.45. The van der Waals surface area contributed by atoms with Crippen molar-refractivity contribution in [1.82, 2.24) is 9.78 Å². The highest BCUT2D eigenvalue weighted by Gasteiger charge is 2.54. The van der Waals surface area contributed by atoms with Crippen LogP contribution in [0.15, 0.2) is 60.3 Å². The minimum Gasteiger partial charge on any atom is -0.467 e. The number of halogens is 1. The number of methoxy groups -OCH3 is 1. The van der Waals surface area contributed by atoms with Gasteiger partial charge in [0.05, 0.1) is 30.3 Å². The van der Waals surface area contributed by atoms with Gasteiger partial charge in [0, 0.05) is 5.41 Å². The minimum atomic E-state index is -1.35. The van der Waals surface area contributed by atoms with Crippen molar-refractivity contribution < 1.29 is 24.1 Å². The monoisotopic (exact) mass is 476 g/mol. The predicted octanol–water partition coefficient (Wildman–Crippen LogP) is 4.32. The molecule has 3 atom stereocenters. The Morgan fingerprint density at radius 2 is 1.97 bits per heavy atom. The first kappa shape index (κ1) is 23.5. The average Bonchev–Trinajstić information content (AvgIpc) is 3.38. The topological polar surface area (TPSA) is 84.6 Å². The number of aromatic nitrogens is 2. The number of carbonyl (C=O) groups excluding carboxylic acids is 1. The number of hydrogen-bond acceptors (Lipinski definition) is 5. The van der Waals surface area contributed by atoms with E-state index < -0.39 is 23.1 Å². The molecule has 35 heavy (non-hydrogen) atoms. The summed E-state index contributed by atoms with van der Waals surface area (Å²) in [5.74, 6) is -0.991. The Hall–Kier alpha value is -3.29. The van der Waals surface area contributed by atoms with Gasteiger partial charge in [-0.1, -0.05) is 36.8 Å². The van der Waals surface area contributed by atoms with E-state index in [1.807, 2.05) is 23.0 Å². The van der Waals surface area contributed by atoms with Gasteiger partial charge in [0.15, 0.2) is 6.10 Å². The molecule has 2 aliphatic carbocycles. The van der Waals surface area contributed by atoms with E-state index in [-0.39, 0.29) is 5.82 Å². The van der Waals surface area contributed by atoms with E-state index in [9.17, 15) is 19.4 Å². The second-order valence-electron chi connectivity index (χ2n) is 9.78. The fraction of sp³-hybridized carbons (Fsp3) is 0.357. The summed E-state index contributed by atoms with van der Waals surface area (Å²) in [7, 11) is 1.25. The lowest BCUT2D eigenvalue weighted by Gasteiger charge is -2.42. The molecule has 2 aromatic carbocycles. The fourth-order valence-corrected chi connectivity index (χ4v) is 5.73. The molecule has 2 aliphatic rings. The third-order valence-corrected chi connectivity index (χ3v) is 7.94. The summed E-state index contributed by atoms with van der Waals surface area (Å²) in [6.07, 6.45) is 5.67. The molecule has 3 unspecified atom stereocenters. The molecule has 1 aromatic heterocycles. The molecule has 1 saturated carbocycles. The second-order valence-corrected chi connectivity index (χ2v) is 9.78. The Morgan fingerprint density at radius 3 is 2.71 bits per heavy atom. The molecule has 0 amide bonds. The van der Waals surface area contributed by atoms with Gasteiger partial charge in [0.25, 0.3) is 0 Å². The zero-order chi connectivity index (χ0) is 24.8. The van der Waals surface area contributed by atoms with Crippen molar-refractivity contribution in [3.05, 3.63) is 88.5 Å². The molecule has 6 nitrogen and oxygen atoms in total. The molecular weight excluding hydrogens is 447 g/mol. The SMILES string of the molecule is COC(=O)C(O)c1ccccc1CCC1(O)CCC2=Cc3c(cnn3-c3ccc(F)cc3)CC21C. The van der Waals surface area contributed by atoms with Gasteiger partial charge in [0.2, 0.25) is 0 Å². The van der Waals surface area contributed by atoms with Crippen LogP contribution in [-0.4, -0.2) is 38.7 Å². The first-order valence-electron chi connectivity index (χ1n) is 11.9. The zero-order valence-electron chi connectivity index (χ0n) is 19.9. The van der Waals surface area contributed by atoms with Crippen LogP contribution < -0.4 is 0 Å². The van der Waals surface area contributed by atoms with Crippen LogP contribution in [0.5, 0.6) is 0 Å². The molecular formula is C28H29FN2O4. The summed E-state index contributed by atoms with van der Waals surface area (Å²) in [4.78, 5) is 11.9. The lowest BCUT2D eigenvalue weighted by atomic mass is 9.65. The molecule has 3 aromatic rings. The normalized spacial score (nSPS) is 23.9. The van der Waals surface area contributed by atoms with Gasteiger partial charge in [-0.2, -0.15) is 5.10 Å². The average molecular weight is 477 g/mol. The van der Waals surface area contributed by atoms with Gasteiger partial charge in [-0.25, -0.2) is 13.9 Å². The standard InChI is InChI=1S/C28H29FN2O4/c1-27-16-19-17-30-31(22-9-7-21(29)8-10-22)24(19)15-20(27)12-14-28(27,34)13-11-18-5-3-4-6-23(18)25(32)26(33)35-2/h3-10,15,17,25,32,34H,11-14,16H2,1-2H3. The Labute approximate surface area is 203 Å². The van der Waals surface area contributed by atoms with E-state index in [0.717, 1.165) is 28.9 Å². The number of rotatable bonds is 6. The van der Waals surface area contributed by atoms with Crippen LogP contribution >= 0.6 is 0 Å². The van der Waals surface area contributed by atoms with Crippen LogP contribution in [0.25, 0.3) is 11.8 Å². The number of esters is 1. The van der Waals surface area contributed by atoms with Crippen molar-refractivity contribution in [3.8, 4) is 5.69 Å². The Balaban J connectivity index is 1.40. The summed E-state index contributed by atoms with van der Waals surface area (Å²) in [6.45, 7) is 2.11. The van der Waals surface area contributed by atoms with Gasteiger partial charge < -0.3 is 14.9 Å². The maximum atomic E-state index is 13.4. The third-order valence-electron chi connectivity index (χ3n) is 7.94. The maximum absolute atomic E-state index is 13.4. The highest BCUT2D eigenvalue weighted by Crippen LogP contribution is 2.57. The number of aryl methyl sites for hydroxylation is 1. The summed E-state index contributed by atoms with van der Waals surface area (Å²) < 4.78 is 19.9. The van der Waals surface area contributed by atoms with Crippen LogP contribution in [0, 0.1) is 11.2 Å². The zero-order valence-corrected chi connectivity index (χ0v) is 19.9. The van der Waals surface area contributed by atoms with E-state index in [1.54, 1.807) is 24.3 Å². The maximum Gasteiger partial charge on any atom is 0.339 e. The van der Waals surface area contributed by atoms with E-state index in [2.05, 4.69) is 18.1 Å². The quantitative estimate of drug-likeness (QED) is 0.518. The van der Waals surface area contributed by atoms with E-state index in [0.29, 0.717) is 31.2 Å². The van der Waals surface area contributed by atoms with Crippen molar-refractivity contribution in [2.45, 2.75) is 50.7 Å².